The molecule has 3 amide bonds. The highest BCUT2D eigenvalue weighted by molar-refractivity contribution is 14.1. The Morgan fingerprint density at radius 2 is 1.89 bits per heavy atom. The lowest BCUT2D eigenvalue weighted by Gasteiger charge is -1.99. The van der Waals surface area contributed by atoms with Crippen molar-refractivity contribution in [1.29, 1.82) is 0 Å². The molecule has 0 aliphatic carbocycles. The van der Waals surface area contributed by atoms with E-state index >= 15 is 0 Å². The van der Waals surface area contributed by atoms with E-state index in [1.807, 2.05) is 12.2 Å². The van der Waals surface area contributed by atoms with Gasteiger partial charge < -0.3 is 10.1 Å². The maximum atomic E-state index is 10.8. The van der Waals surface area contributed by atoms with Crippen LogP contribution in [-0.4, -0.2) is 34.8 Å². The third-order valence-corrected chi connectivity index (χ3v) is 2.46. The lowest BCUT2D eigenvalue weighted by atomic mass is 10.2. The Balaban J connectivity index is 0.000000388. The number of imide groups is 1. The molecule has 0 spiro atoms. The van der Waals surface area contributed by atoms with Crippen LogP contribution in [0.3, 0.4) is 0 Å². The first-order valence-corrected chi connectivity index (χ1v) is 7.39. The van der Waals surface area contributed by atoms with Gasteiger partial charge in [0.1, 0.15) is 0 Å². The number of rotatable bonds is 5. The fourth-order valence-corrected chi connectivity index (χ4v) is 1.44. The Morgan fingerprint density at radius 3 is 2.26 bits per heavy atom. The molecule has 1 aliphatic heterocycles. The van der Waals surface area contributed by atoms with Gasteiger partial charge in [0, 0.05) is 10.8 Å². The van der Waals surface area contributed by atoms with Crippen molar-refractivity contribution in [3.63, 3.8) is 0 Å². The molecule has 108 valence electrons. The summed E-state index contributed by atoms with van der Waals surface area (Å²) >= 11 is 2.07. The molecule has 0 atom stereocenters. The van der Waals surface area contributed by atoms with Crippen LogP contribution in [0.1, 0.15) is 32.6 Å². The number of nitrogens with one attached hydrogen (secondary N) is 2. The molecular weight excluding hydrogens is 367 g/mol. The van der Waals surface area contributed by atoms with Crippen molar-refractivity contribution in [2.45, 2.75) is 32.6 Å². The summed E-state index contributed by atoms with van der Waals surface area (Å²) in [5.41, 5.74) is 0. The molecule has 7 nitrogen and oxygen atoms in total. The molecule has 0 aromatic heterocycles. The van der Waals surface area contributed by atoms with E-state index in [0.717, 1.165) is 12.8 Å². The Labute approximate surface area is 125 Å². The highest BCUT2D eigenvalue weighted by Crippen LogP contribution is 1.99. The molecule has 0 radical (unpaired) electrons. The molecule has 0 unspecified atom stereocenters. The summed E-state index contributed by atoms with van der Waals surface area (Å²) in [6.45, 7) is 2.11. The summed E-state index contributed by atoms with van der Waals surface area (Å²) in [5.74, 6) is -1.07. The van der Waals surface area contributed by atoms with Crippen molar-refractivity contribution in [3.05, 3.63) is 0 Å². The van der Waals surface area contributed by atoms with Crippen LogP contribution in [0.5, 0.6) is 0 Å². The first kappa shape index (κ1) is 17.8. The van der Waals surface area contributed by atoms with Crippen LogP contribution >= 0.6 is 22.6 Å². The summed E-state index contributed by atoms with van der Waals surface area (Å²) in [7, 11) is 0. The molecule has 0 saturated carbocycles. The maximum absolute atomic E-state index is 10.8. The SMILES string of the molecule is CCCCC(=O)OC(=O)CCI.O=C1CNC(=O)N1. The molecule has 1 saturated heterocycles. The van der Waals surface area contributed by atoms with E-state index in [1.165, 1.54) is 0 Å². The zero-order valence-electron chi connectivity index (χ0n) is 10.7. The Hall–Kier alpha value is -1.19. The predicted octanol–water partition coefficient (Wildman–Crippen LogP) is 0.897. The molecule has 2 N–H and O–H groups in total. The summed E-state index contributed by atoms with van der Waals surface area (Å²) in [6.07, 6.45) is 2.40. The monoisotopic (exact) mass is 384 g/mol. The van der Waals surface area contributed by atoms with Crippen molar-refractivity contribution in [3.8, 4) is 0 Å². The standard InChI is InChI=1S/C8H13IO3.C3H4N2O2/c1-2-3-4-7(10)12-8(11)5-6-9;6-2-1-4-3(7)5-2/h2-6H2,1H3;1H2,(H2,4,5,6,7). The van der Waals surface area contributed by atoms with Crippen LogP contribution in [-0.2, 0) is 19.1 Å². The Kier molecular flexibility index (Phi) is 10.0. The van der Waals surface area contributed by atoms with E-state index in [0.29, 0.717) is 17.3 Å². The lowest BCUT2D eigenvalue weighted by Crippen LogP contribution is -2.22. The minimum Gasteiger partial charge on any atom is -0.393 e. The summed E-state index contributed by atoms with van der Waals surface area (Å²) in [6, 6.07) is -0.398. The van der Waals surface area contributed by atoms with Gasteiger partial charge in [0.15, 0.2) is 0 Å². The molecular formula is C11H17IN2O5. The quantitative estimate of drug-likeness (QED) is 0.241. The Bertz CT molecular complexity index is 332. The summed E-state index contributed by atoms with van der Waals surface area (Å²) in [4.78, 5) is 41.7. The Morgan fingerprint density at radius 1 is 1.26 bits per heavy atom. The number of urea groups is 1. The van der Waals surface area contributed by atoms with Gasteiger partial charge in [0.25, 0.3) is 0 Å². The highest BCUT2D eigenvalue weighted by Gasteiger charge is 2.14. The number of alkyl halides is 1. The van der Waals surface area contributed by atoms with E-state index in [1.54, 1.807) is 0 Å². The van der Waals surface area contributed by atoms with Gasteiger partial charge in [-0.25, -0.2) is 4.79 Å². The van der Waals surface area contributed by atoms with Gasteiger partial charge in [-0.3, -0.25) is 19.7 Å². The van der Waals surface area contributed by atoms with Gasteiger partial charge >= 0.3 is 18.0 Å². The van der Waals surface area contributed by atoms with Gasteiger partial charge in [0.2, 0.25) is 5.91 Å². The fraction of sp³-hybridized carbons (Fsp3) is 0.636. The van der Waals surface area contributed by atoms with Gasteiger partial charge in [-0.05, 0) is 6.42 Å². The molecule has 1 rings (SSSR count). The van der Waals surface area contributed by atoms with Crippen LogP contribution in [0.25, 0.3) is 0 Å². The predicted molar refractivity (Wildman–Crippen MR) is 75.7 cm³/mol. The van der Waals surface area contributed by atoms with Gasteiger partial charge in [-0.15, -0.1) is 0 Å². The second-order valence-corrected chi connectivity index (χ2v) is 4.70. The third-order valence-electron chi connectivity index (χ3n) is 1.92. The summed E-state index contributed by atoms with van der Waals surface area (Å²) in [5, 5.41) is 4.30. The van der Waals surface area contributed by atoms with Gasteiger partial charge in [-0.2, -0.15) is 0 Å². The molecule has 0 bridgehead atoms. The van der Waals surface area contributed by atoms with E-state index in [-0.39, 0.29) is 12.5 Å². The van der Waals surface area contributed by atoms with Crippen molar-refractivity contribution < 1.29 is 23.9 Å². The summed E-state index contributed by atoms with van der Waals surface area (Å²) < 4.78 is 5.20. The number of unbranched alkanes of at least 4 members (excludes halogenated alkanes) is 1. The zero-order chi connectivity index (χ0) is 14.7. The van der Waals surface area contributed by atoms with Crippen LogP contribution in [0, 0.1) is 0 Å². The third kappa shape index (κ3) is 10.4. The minimum atomic E-state index is -0.412. The number of hydrogen-bond acceptors (Lipinski definition) is 5. The number of esters is 2. The van der Waals surface area contributed by atoms with Crippen molar-refractivity contribution in [2.24, 2.45) is 0 Å². The molecule has 0 aromatic rings. The normalized spacial score (nSPS) is 12.9. The van der Waals surface area contributed by atoms with Crippen LogP contribution in [0.2, 0.25) is 0 Å². The van der Waals surface area contributed by atoms with E-state index in [4.69, 9.17) is 0 Å². The average molecular weight is 384 g/mol. The van der Waals surface area contributed by atoms with E-state index in [9.17, 15) is 19.2 Å². The van der Waals surface area contributed by atoms with Gasteiger partial charge in [0.05, 0.1) is 13.0 Å². The molecule has 8 heteroatoms. The van der Waals surface area contributed by atoms with Gasteiger partial charge in [-0.1, -0.05) is 35.9 Å². The van der Waals surface area contributed by atoms with Crippen molar-refractivity contribution in [2.75, 3.05) is 11.0 Å². The maximum Gasteiger partial charge on any atom is 0.321 e. The molecule has 1 heterocycles. The smallest absolute Gasteiger partial charge is 0.321 e. The topological polar surface area (TPSA) is 102 Å². The minimum absolute atomic E-state index is 0.124. The van der Waals surface area contributed by atoms with E-state index in [2.05, 4.69) is 32.6 Å². The number of carbonyl (C=O) groups is 4. The largest absolute Gasteiger partial charge is 0.393 e. The second kappa shape index (κ2) is 10.7. The fourth-order valence-electron chi connectivity index (χ4n) is 1.00. The van der Waals surface area contributed by atoms with Crippen molar-refractivity contribution in [1.82, 2.24) is 10.6 Å². The molecule has 0 aromatic carbocycles. The molecule has 1 fully saturated rings. The van der Waals surface area contributed by atoms with Crippen LogP contribution in [0.4, 0.5) is 4.79 Å². The zero-order valence-corrected chi connectivity index (χ0v) is 12.8. The first-order valence-electron chi connectivity index (χ1n) is 5.86. The highest BCUT2D eigenvalue weighted by atomic mass is 127. The lowest BCUT2D eigenvalue weighted by molar-refractivity contribution is -0.159. The number of halogens is 1. The van der Waals surface area contributed by atoms with Crippen molar-refractivity contribution >= 4 is 46.5 Å². The second-order valence-electron chi connectivity index (χ2n) is 3.62. The van der Waals surface area contributed by atoms with Crippen LogP contribution in [0.15, 0.2) is 0 Å². The molecule has 1 aliphatic rings. The number of carbonyl (C=O) groups excluding carboxylic acids is 4. The van der Waals surface area contributed by atoms with Crippen LogP contribution < -0.4 is 10.6 Å². The number of ether oxygens (including phenoxy) is 1. The number of amides is 3. The number of hydrogen-bond donors (Lipinski definition) is 2. The van der Waals surface area contributed by atoms with E-state index < -0.39 is 18.0 Å². The molecule has 19 heavy (non-hydrogen) atoms. The first-order chi connectivity index (χ1) is 8.99. The average Bonchev–Trinajstić information content (AvgIpc) is 2.71.